The van der Waals surface area contributed by atoms with Crippen LogP contribution in [0.4, 0.5) is 0 Å². The Morgan fingerprint density at radius 3 is 2.41 bits per heavy atom. The van der Waals surface area contributed by atoms with Gasteiger partial charge in [-0.2, -0.15) is 0 Å². The fourth-order valence-corrected chi connectivity index (χ4v) is 3.06. The molecule has 0 fully saturated rings. The first-order valence-corrected chi connectivity index (χ1v) is 6.79. The zero-order valence-electron chi connectivity index (χ0n) is 10.3. The molecule has 1 aliphatic carbocycles. The van der Waals surface area contributed by atoms with E-state index < -0.39 is 0 Å². The van der Waals surface area contributed by atoms with Crippen molar-refractivity contribution in [1.82, 2.24) is 0 Å². The molecule has 1 unspecified atom stereocenters. The molecule has 0 heterocycles. The van der Waals surface area contributed by atoms with Crippen LogP contribution in [0.1, 0.15) is 35.9 Å². The summed E-state index contributed by atoms with van der Waals surface area (Å²) in [4.78, 5) is 0. The fourth-order valence-electron chi connectivity index (χ4n) is 2.87. The molecule has 88 valence electrons. The molecule has 1 aliphatic rings. The number of alkyl halides is 1. The fraction of sp³-hybridized carbons (Fsp3) is 0.375. The molecule has 0 radical (unpaired) electrons. The van der Waals surface area contributed by atoms with Crippen LogP contribution < -0.4 is 0 Å². The summed E-state index contributed by atoms with van der Waals surface area (Å²) in [5.74, 6) is 0.468. The van der Waals surface area contributed by atoms with Gasteiger partial charge in [-0.1, -0.05) is 44.2 Å². The first kappa shape index (κ1) is 11.1. The average molecular weight is 245 g/mol. The van der Waals surface area contributed by atoms with E-state index >= 15 is 0 Å². The first-order chi connectivity index (χ1) is 8.18. The summed E-state index contributed by atoms with van der Waals surface area (Å²) in [6, 6.07) is 11.1. The maximum Gasteiger partial charge on any atom is 0.0614 e. The lowest BCUT2D eigenvalue weighted by atomic mass is 9.94. The predicted molar refractivity (Wildman–Crippen MR) is 74.8 cm³/mol. The summed E-state index contributed by atoms with van der Waals surface area (Å²) < 4.78 is 0. The van der Waals surface area contributed by atoms with Gasteiger partial charge < -0.3 is 0 Å². The van der Waals surface area contributed by atoms with Gasteiger partial charge in [-0.25, -0.2) is 0 Å². The second-order valence-corrected chi connectivity index (χ2v) is 5.77. The number of hydrogen-bond acceptors (Lipinski definition) is 0. The highest BCUT2D eigenvalue weighted by Crippen LogP contribution is 2.38. The Balaban J connectivity index is 2.29. The van der Waals surface area contributed by atoms with Crippen LogP contribution in [-0.2, 0) is 12.8 Å². The molecular formula is C16H17Cl. The van der Waals surface area contributed by atoms with E-state index in [9.17, 15) is 0 Å². The van der Waals surface area contributed by atoms with Gasteiger partial charge in [0.25, 0.3) is 0 Å². The van der Waals surface area contributed by atoms with Crippen LogP contribution in [0.3, 0.4) is 0 Å². The topological polar surface area (TPSA) is 0 Å². The predicted octanol–water partition coefficient (Wildman–Crippen LogP) is 4.87. The quantitative estimate of drug-likeness (QED) is 0.661. The Labute approximate surface area is 108 Å². The van der Waals surface area contributed by atoms with Gasteiger partial charge in [0.1, 0.15) is 0 Å². The van der Waals surface area contributed by atoms with Crippen molar-refractivity contribution in [2.45, 2.75) is 32.1 Å². The summed E-state index contributed by atoms with van der Waals surface area (Å²) >= 11 is 6.55. The molecule has 0 N–H and O–H groups in total. The largest absolute Gasteiger partial charge is 0.118 e. The molecule has 2 aromatic rings. The third-order valence-corrected chi connectivity index (χ3v) is 4.53. The molecular weight excluding hydrogens is 228 g/mol. The number of aryl methyl sites for hydroxylation is 2. The number of halogens is 1. The Kier molecular flexibility index (Phi) is 2.63. The highest BCUT2D eigenvalue weighted by atomic mass is 35.5. The van der Waals surface area contributed by atoms with Crippen molar-refractivity contribution >= 4 is 22.4 Å². The van der Waals surface area contributed by atoms with Gasteiger partial charge in [0.2, 0.25) is 0 Å². The van der Waals surface area contributed by atoms with E-state index in [1.165, 1.54) is 40.3 Å². The van der Waals surface area contributed by atoms with Crippen molar-refractivity contribution in [3.05, 3.63) is 47.0 Å². The Morgan fingerprint density at radius 1 is 1.00 bits per heavy atom. The molecule has 0 spiro atoms. The molecule has 0 nitrogen and oxygen atoms in total. The van der Waals surface area contributed by atoms with Gasteiger partial charge in [0, 0.05) is 0 Å². The molecule has 0 amide bonds. The number of rotatable bonds is 2. The van der Waals surface area contributed by atoms with E-state index in [1.54, 1.807) is 0 Å². The van der Waals surface area contributed by atoms with Crippen LogP contribution in [0.2, 0.25) is 0 Å². The van der Waals surface area contributed by atoms with Gasteiger partial charge in [-0.3, -0.25) is 0 Å². The summed E-state index contributed by atoms with van der Waals surface area (Å²) in [6.07, 6.45) is 2.37. The van der Waals surface area contributed by atoms with Crippen LogP contribution in [0, 0.1) is 5.92 Å². The Morgan fingerprint density at radius 2 is 1.71 bits per heavy atom. The van der Waals surface area contributed by atoms with Crippen molar-refractivity contribution in [1.29, 1.82) is 0 Å². The van der Waals surface area contributed by atoms with E-state index in [0.29, 0.717) is 5.92 Å². The maximum atomic E-state index is 6.55. The maximum absolute atomic E-state index is 6.55. The molecule has 0 aromatic heterocycles. The monoisotopic (exact) mass is 244 g/mol. The van der Waals surface area contributed by atoms with Crippen molar-refractivity contribution in [2.75, 3.05) is 0 Å². The molecule has 0 saturated carbocycles. The molecule has 0 saturated heterocycles. The van der Waals surface area contributed by atoms with Crippen LogP contribution in [0.15, 0.2) is 30.3 Å². The first-order valence-electron chi connectivity index (χ1n) is 6.36. The van der Waals surface area contributed by atoms with Crippen LogP contribution in [0.25, 0.3) is 10.8 Å². The second-order valence-electron chi connectivity index (χ2n) is 5.30. The van der Waals surface area contributed by atoms with Crippen LogP contribution in [-0.4, -0.2) is 0 Å². The zero-order valence-corrected chi connectivity index (χ0v) is 11.1. The summed E-state index contributed by atoms with van der Waals surface area (Å²) in [7, 11) is 0. The number of hydrogen-bond donors (Lipinski definition) is 0. The van der Waals surface area contributed by atoms with Gasteiger partial charge in [-0.15, -0.1) is 11.6 Å². The lowest BCUT2D eigenvalue weighted by Gasteiger charge is -2.17. The average Bonchev–Trinajstić information content (AvgIpc) is 2.74. The van der Waals surface area contributed by atoms with E-state index in [2.05, 4.69) is 44.2 Å². The Hall–Kier alpha value is -1.01. The summed E-state index contributed by atoms with van der Waals surface area (Å²) in [5, 5.41) is 2.95. The third-order valence-electron chi connectivity index (χ3n) is 3.79. The highest BCUT2D eigenvalue weighted by Gasteiger charge is 2.20. The Bertz CT molecular complexity index is 559. The zero-order chi connectivity index (χ0) is 12.0. The minimum Gasteiger partial charge on any atom is -0.118 e. The van der Waals surface area contributed by atoms with Crippen molar-refractivity contribution < 1.29 is 0 Å². The minimum atomic E-state index is 0.111. The summed E-state index contributed by atoms with van der Waals surface area (Å²) in [6.45, 7) is 4.36. The normalized spacial score (nSPS) is 15.8. The van der Waals surface area contributed by atoms with E-state index in [-0.39, 0.29) is 5.38 Å². The highest BCUT2D eigenvalue weighted by molar-refractivity contribution is 6.22. The SMILES string of the molecule is CC(C)C(Cl)c1ccc2c3c(cccc13)CC2. The standard InChI is InChI=1S/C16H17Cl/c1-10(2)16(17)14-9-8-12-7-6-11-4-3-5-13(14)15(11)12/h3-5,8-10,16H,6-7H2,1-2H3. The van der Waals surface area contributed by atoms with Gasteiger partial charge >= 0.3 is 0 Å². The molecule has 3 rings (SSSR count). The number of benzene rings is 2. The van der Waals surface area contributed by atoms with Gasteiger partial charge in [0.15, 0.2) is 0 Å². The van der Waals surface area contributed by atoms with E-state index in [4.69, 9.17) is 11.6 Å². The molecule has 0 aliphatic heterocycles. The summed E-state index contributed by atoms with van der Waals surface area (Å²) in [5.41, 5.74) is 4.28. The second kappa shape index (κ2) is 4.03. The van der Waals surface area contributed by atoms with Crippen molar-refractivity contribution in [2.24, 2.45) is 5.92 Å². The molecule has 1 heteroatoms. The minimum absolute atomic E-state index is 0.111. The van der Waals surface area contributed by atoms with Crippen LogP contribution in [0.5, 0.6) is 0 Å². The van der Waals surface area contributed by atoms with Crippen molar-refractivity contribution in [3.63, 3.8) is 0 Å². The molecule has 0 bridgehead atoms. The molecule has 17 heavy (non-hydrogen) atoms. The molecule has 2 aromatic carbocycles. The van der Waals surface area contributed by atoms with Gasteiger partial charge in [-0.05, 0) is 46.2 Å². The lowest BCUT2D eigenvalue weighted by Crippen LogP contribution is -2.00. The van der Waals surface area contributed by atoms with E-state index in [0.717, 1.165) is 0 Å². The van der Waals surface area contributed by atoms with Gasteiger partial charge in [0.05, 0.1) is 5.38 Å². The third kappa shape index (κ3) is 1.66. The van der Waals surface area contributed by atoms with Crippen LogP contribution >= 0.6 is 11.6 Å². The van der Waals surface area contributed by atoms with Crippen molar-refractivity contribution in [3.8, 4) is 0 Å². The molecule has 1 atom stereocenters. The van der Waals surface area contributed by atoms with E-state index in [1.807, 2.05) is 0 Å². The lowest BCUT2D eigenvalue weighted by molar-refractivity contribution is 0.627. The smallest absolute Gasteiger partial charge is 0.0614 e.